The Kier molecular flexibility index (Phi) is 3.55. The van der Waals surface area contributed by atoms with Gasteiger partial charge in [0.1, 0.15) is 0 Å². The fourth-order valence-corrected chi connectivity index (χ4v) is 4.01. The van der Waals surface area contributed by atoms with Crippen LogP contribution in [0.1, 0.15) is 19.3 Å². The minimum absolute atomic E-state index is 0.366. The lowest BCUT2D eigenvalue weighted by Gasteiger charge is -2.18. The first-order valence-corrected chi connectivity index (χ1v) is 7.17. The summed E-state index contributed by atoms with van der Waals surface area (Å²) in [4.78, 5) is 11.5. The first-order valence-electron chi connectivity index (χ1n) is 5.63. The highest BCUT2D eigenvalue weighted by atomic mass is 32.2. The summed E-state index contributed by atoms with van der Waals surface area (Å²) in [6.45, 7) is 0. The van der Waals surface area contributed by atoms with Crippen LogP contribution in [0.25, 0.3) is 0 Å². The molecular weight excluding hydrogens is 258 g/mol. The maximum absolute atomic E-state index is 12.2. The number of hydrogen-bond donors (Lipinski definition) is 2. The summed E-state index contributed by atoms with van der Waals surface area (Å²) >= 11 is 0. The Morgan fingerprint density at radius 1 is 1.56 bits per heavy atom. The molecule has 1 heterocycles. The molecule has 0 spiro atoms. The molecule has 0 amide bonds. The van der Waals surface area contributed by atoms with Crippen molar-refractivity contribution in [2.45, 2.75) is 24.5 Å². The number of carbonyl (C=O) groups is 1. The number of nitrogens with zero attached hydrogens (tertiary/aromatic N) is 1. The van der Waals surface area contributed by atoms with Crippen LogP contribution in [0.3, 0.4) is 0 Å². The van der Waals surface area contributed by atoms with Gasteiger partial charge < -0.3 is 4.74 Å². The molecule has 0 aliphatic heterocycles. The summed E-state index contributed by atoms with van der Waals surface area (Å²) in [5.41, 5.74) is 0.366. The number of hydrogen-bond acceptors (Lipinski definition) is 5. The second-order valence-electron chi connectivity index (χ2n) is 4.23. The Bertz CT molecular complexity index is 511. The van der Waals surface area contributed by atoms with E-state index in [-0.39, 0.29) is 0 Å². The zero-order chi connectivity index (χ0) is 13.2. The minimum Gasteiger partial charge on any atom is -0.469 e. The lowest BCUT2D eigenvalue weighted by Crippen LogP contribution is -2.35. The Morgan fingerprint density at radius 2 is 2.33 bits per heavy atom. The van der Waals surface area contributed by atoms with Gasteiger partial charge in [0, 0.05) is 6.20 Å². The molecule has 8 heteroatoms. The van der Waals surface area contributed by atoms with Crippen molar-refractivity contribution in [3.05, 3.63) is 12.4 Å². The molecule has 0 radical (unpaired) electrons. The van der Waals surface area contributed by atoms with Crippen LogP contribution < -0.4 is 4.72 Å². The zero-order valence-electron chi connectivity index (χ0n) is 9.92. The van der Waals surface area contributed by atoms with Gasteiger partial charge >= 0.3 is 5.97 Å². The molecule has 1 aromatic rings. The van der Waals surface area contributed by atoms with Crippen molar-refractivity contribution < 1.29 is 17.9 Å². The number of esters is 1. The van der Waals surface area contributed by atoms with Crippen LogP contribution in [-0.2, 0) is 19.6 Å². The molecule has 1 aliphatic rings. The van der Waals surface area contributed by atoms with Crippen LogP contribution in [0.4, 0.5) is 5.69 Å². The van der Waals surface area contributed by atoms with Crippen molar-refractivity contribution >= 4 is 21.7 Å². The average Bonchev–Trinajstić information content (AvgIpc) is 2.97. The van der Waals surface area contributed by atoms with Gasteiger partial charge in [-0.3, -0.25) is 14.6 Å². The van der Waals surface area contributed by atoms with Gasteiger partial charge in [-0.05, 0) is 12.8 Å². The first kappa shape index (κ1) is 12.9. The van der Waals surface area contributed by atoms with Crippen molar-refractivity contribution in [1.29, 1.82) is 0 Å². The smallest absolute Gasteiger partial charge is 0.310 e. The molecule has 1 saturated carbocycles. The first-order chi connectivity index (χ1) is 8.54. The van der Waals surface area contributed by atoms with Gasteiger partial charge in [-0.15, -0.1) is 0 Å². The lowest BCUT2D eigenvalue weighted by molar-refractivity contribution is -0.145. The third-order valence-electron chi connectivity index (χ3n) is 3.11. The van der Waals surface area contributed by atoms with E-state index in [0.717, 1.165) is 0 Å². The normalized spacial score (nSPS) is 23.8. The monoisotopic (exact) mass is 273 g/mol. The molecule has 2 N–H and O–H groups in total. The number of aromatic amines is 1. The number of carbonyl (C=O) groups excluding carboxylic acids is 1. The minimum atomic E-state index is -3.60. The van der Waals surface area contributed by atoms with Crippen molar-refractivity contribution in [3.63, 3.8) is 0 Å². The number of sulfonamides is 1. The molecule has 0 saturated heterocycles. The SMILES string of the molecule is COC(=O)C1CCCC1S(=O)(=O)Nc1cn[nH]c1. The fraction of sp³-hybridized carbons (Fsp3) is 0.600. The summed E-state index contributed by atoms with van der Waals surface area (Å²) in [6.07, 6.45) is 4.53. The van der Waals surface area contributed by atoms with E-state index in [2.05, 4.69) is 19.7 Å². The maximum atomic E-state index is 12.2. The Balaban J connectivity index is 2.16. The Morgan fingerprint density at radius 3 is 2.94 bits per heavy atom. The topological polar surface area (TPSA) is 101 Å². The number of nitrogens with one attached hydrogen (secondary N) is 2. The van der Waals surface area contributed by atoms with E-state index < -0.39 is 27.2 Å². The quantitative estimate of drug-likeness (QED) is 0.778. The van der Waals surface area contributed by atoms with E-state index in [9.17, 15) is 13.2 Å². The van der Waals surface area contributed by atoms with E-state index in [4.69, 9.17) is 0 Å². The van der Waals surface area contributed by atoms with Crippen LogP contribution in [0.5, 0.6) is 0 Å². The van der Waals surface area contributed by atoms with Crippen LogP contribution in [0.2, 0.25) is 0 Å². The van der Waals surface area contributed by atoms with Gasteiger partial charge in [0.05, 0.1) is 30.2 Å². The third-order valence-corrected chi connectivity index (χ3v) is 4.99. The molecule has 0 aromatic carbocycles. The molecule has 0 bridgehead atoms. The van der Waals surface area contributed by atoms with Crippen molar-refractivity contribution in [3.8, 4) is 0 Å². The number of anilines is 1. The number of methoxy groups -OCH3 is 1. The molecule has 1 fully saturated rings. The van der Waals surface area contributed by atoms with Crippen molar-refractivity contribution in [2.75, 3.05) is 11.8 Å². The zero-order valence-corrected chi connectivity index (χ0v) is 10.7. The average molecular weight is 273 g/mol. The third kappa shape index (κ3) is 2.47. The molecule has 1 aromatic heterocycles. The Hall–Kier alpha value is -1.57. The lowest BCUT2D eigenvalue weighted by atomic mass is 10.1. The molecule has 2 unspecified atom stereocenters. The standard InChI is InChI=1S/C10H15N3O4S/c1-17-10(14)8-3-2-4-9(8)18(15,16)13-7-5-11-12-6-7/h5-6,8-9,13H,2-4H2,1H3,(H,11,12). The predicted octanol–water partition coefficient (Wildman–Crippen LogP) is 0.493. The number of aromatic nitrogens is 2. The van der Waals surface area contributed by atoms with Crippen molar-refractivity contribution in [1.82, 2.24) is 10.2 Å². The van der Waals surface area contributed by atoms with Crippen LogP contribution in [0.15, 0.2) is 12.4 Å². The van der Waals surface area contributed by atoms with Crippen molar-refractivity contribution in [2.24, 2.45) is 5.92 Å². The van der Waals surface area contributed by atoms with E-state index in [1.165, 1.54) is 19.5 Å². The number of ether oxygens (including phenoxy) is 1. The largest absolute Gasteiger partial charge is 0.469 e. The van der Waals surface area contributed by atoms with Gasteiger partial charge in [0.25, 0.3) is 0 Å². The van der Waals surface area contributed by atoms with Crippen LogP contribution in [0, 0.1) is 5.92 Å². The highest BCUT2D eigenvalue weighted by Gasteiger charge is 2.42. The van der Waals surface area contributed by atoms with E-state index in [0.29, 0.717) is 24.9 Å². The van der Waals surface area contributed by atoms with Gasteiger partial charge in [-0.25, -0.2) is 8.42 Å². The summed E-state index contributed by atoms with van der Waals surface area (Å²) in [5, 5.41) is 5.44. The second kappa shape index (κ2) is 4.97. The number of rotatable bonds is 4. The van der Waals surface area contributed by atoms with E-state index >= 15 is 0 Å². The van der Waals surface area contributed by atoms with Crippen LogP contribution in [-0.4, -0.2) is 36.9 Å². The van der Waals surface area contributed by atoms with E-state index in [1.54, 1.807) is 0 Å². The Labute approximate surface area is 105 Å². The summed E-state index contributed by atoms with van der Waals surface area (Å²) in [6, 6.07) is 0. The molecule has 18 heavy (non-hydrogen) atoms. The highest BCUT2D eigenvalue weighted by Crippen LogP contribution is 2.32. The molecule has 1 aliphatic carbocycles. The highest BCUT2D eigenvalue weighted by molar-refractivity contribution is 7.93. The second-order valence-corrected chi connectivity index (χ2v) is 6.13. The van der Waals surface area contributed by atoms with Gasteiger partial charge in [0.15, 0.2) is 0 Å². The predicted molar refractivity (Wildman–Crippen MR) is 64.3 cm³/mol. The summed E-state index contributed by atoms with van der Waals surface area (Å²) in [7, 11) is -2.33. The summed E-state index contributed by atoms with van der Waals surface area (Å²) in [5.74, 6) is -1.05. The summed E-state index contributed by atoms with van der Waals surface area (Å²) < 4.78 is 31.4. The van der Waals surface area contributed by atoms with Crippen LogP contribution >= 0.6 is 0 Å². The molecule has 2 atom stereocenters. The maximum Gasteiger partial charge on any atom is 0.310 e. The molecule has 100 valence electrons. The number of H-pyrrole nitrogens is 1. The van der Waals surface area contributed by atoms with Gasteiger partial charge in [0.2, 0.25) is 10.0 Å². The molecule has 2 rings (SSSR count). The van der Waals surface area contributed by atoms with Gasteiger partial charge in [-0.2, -0.15) is 5.10 Å². The molecule has 7 nitrogen and oxygen atoms in total. The van der Waals surface area contributed by atoms with E-state index in [1.807, 2.05) is 0 Å². The molecular formula is C10H15N3O4S. The van der Waals surface area contributed by atoms with Gasteiger partial charge in [-0.1, -0.05) is 6.42 Å². The fourth-order valence-electron chi connectivity index (χ4n) is 2.27.